The number of benzene rings is 1. The second kappa shape index (κ2) is 10.6. The Morgan fingerprint density at radius 1 is 1.10 bits per heavy atom. The zero-order valence-corrected chi connectivity index (χ0v) is 19.4. The van der Waals surface area contributed by atoms with Crippen LogP contribution in [0.2, 0.25) is 0 Å². The number of ether oxygens (including phenoxy) is 1. The second-order valence-electron chi connectivity index (χ2n) is 9.67. The van der Waals surface area contributed by atoms with Gasteiger partial charge in [-0.3, -0.25) is 9.59 Å². The molecule has 8 nitrogen and oxygen atoms in total. The van der Waals surface area contributed by atoms with Crippen molar-refractivity contribution in [1.82, 2.24) is 25.6 Å². The van der Waals surface area contributed by atoms with Gasteiger partial charge < -0.3 is 15.4 Å². The summed E-state index contributed by atoms with van der Waals surface area (Å²) in [5.41, 5.74) is 0.688. The normalized spacial score (nSPS) is 13.1. The summed E-state index contributed by atoms with van der Waals surface area (Å²) in [4.78, 5) is 24.9. The van der Waals surface area contributed by atoms with Gasteiger partial charge >= 0.3 is 0 Å². The van der Waals surface area contributed by atoms with Crippen LogP contribution in [0.15, 0.2) is 36.5 Å². The minimum atomic E-state index is -0.452. The first-order chi connectivity index (χ1) is 14.5. The molecule has 2 N–H and O–H groups in total. The van der Waals surface area contributed by atoms with Crippen molar-refractivity contribution in [3.05, 3.63) is 47.8 Å². The molecule has 0 radical (unpaired) electrons. The van der Waals surface area contributed by atoms with Gasteiger partial charge in [0.25, 0.3) is 5.91 Å². The topological polar surface area (TPSA) is 98.1 Å². The molecule has 1 amide bonds. The van der Waals surface area contributed by atoms with Gasteiger partial charge in [0.05, 0.1) is 24.5 Å². The Kier molecular flexibility index (Phi) is 8.47. The van der Waals surface area contributed by atoms with E-state index in [1.807, 2.05) is 59.7 Å². The van der Waals surface area contributed by atoms with Crippen molar-refractivity contribution < 1.29 is 14.3 Å². The molecule has 0 saturated heterocycles. The van der Waals surface area contributed by atoms with Crippen LogP contribution in [0.25, 0.3) is 0 Å². The van der Waals surface area contributed by atoms with Crippen molar-refractivity contribution in [2.75, 3.05) is 13.2 Å². The van der Waals surface area contributed by atoms with Crippen LogP contribution in [0.5, 0.6) is 0 Å². The van der Waals surface area contributed by atoms with Crippen molar-refractivity contribution in [3.63, 3.8) is 0 Å². The largest absolute Gasteiger partial charge is 0.357 e. The van der Waals surface area contributed by atoms with E-state index in [0.717, 1.165) is 5.69 Å². The van der Waals surface area contributed by atoms with Crippen LogP contribution >= 0.6 is 0 Å². The number of nitrogens with one attached hydrogen (secondary N) is 2. The maximum Gasteiger partial charge on any atom is 0.251 e. The predicted octanol–water partition coefficient (Wildman–Crippen LogP) is 2.60. The number of hydrogen-bond acceptors (Lipinski definition) is 6. The van der Waals surface area contributed by atoms with Gasteiger partial charge in [0.15, 0.2) is 5.78 Å². The Hall–Kier alpha value is -2.58. The molecular weight excluding hydrogens is 394 g/mol. The lowest BCUT2D eigenvalue weighted by Gasteiger charge is -2.31. The number of amides is 1. The van der Waals surface area contributed by atoms with Crippen molar-refractivity contribution in [2.24, 2.45) is 5.41 Å². The van der Waals surface area contributed by atoms with Crippen molar-refractivity contribution in [1.29, 1.82) is 0 Å². The number of nitrogens with zero attached hydrogens (tertiary/aromatic N) is 3. The molecule has 0 aliphatic heterocycles. The lowest BCUT2D eigenvalue weighted by molar-refractivity contribution is -0.128. The van der Waals surface area contributed by atoms with E-state index in [1.54, 1.807) is 23.0 Å². The molecule has 0 aliphatic carbocycles. The number of aromatic nitrogens is 3. The maximum absolute atomic E-state index is 12.9. The molecule has 1 aromatic heterocycles. The monoisotopic (exact) mass is 429 g/mol. The first-order valence-corrected chi connectivity index (χ1v) is 10.6. The van der Waals surface area contributed by atoms with E-state index < -0.39 is 5.41 Å². The summed E-state index contributed by atoms with van der Waals surface area (Å²) in [6.45, 7) is 12.9. The number of ketones is 1. The minimum absolute atomic E-state index is 0.131. The Morgan fingerprint density at radius 3 is 2.39 bits per heavy atom. The second-order valence-corrected chi connectivity index (χ2v) is 9.67. The number of carbonyl (C=O) groups is 2. The lowest BCUT2D eigenvalue weighted by Crippen LogP contribution is -2.51. The minimum Gasteiger partial charge on any atom is -0.357 e. The van der Waals surface area contributed by atoms with Gasteiger partial charge in [-0.15, -0.1) is 5.10 Å². The molecule has 2 rings (SSSR count). The summed E-state index contributed by atoms with van der Waals surface area (Å²) in [6.07, 6.45) is 2.25. The highest BCUT2D eigenvalue weighted by molar-refractivity contribution is 5.94. The summed E-state index contributed by atoms with van der Waals surface area (Å²) in [5, 5.41) is 14.5. The Balaban J connectivity index is 1.82. The highest BCUT2D eigenvalue weighted by Crippen LogP contribution is 2.20. The number of carbonyl (C=O) groups excluding carboxylic acids is 2. The van der Waals surface area contributed by atoms with E-state index in [1.165, 1.54) is 0 Å². The lowest BCUT2D eigenvalue weighted by atomic mass is 9.84. The average molecular weight is 430 g/mol. The molecule has 1 heterocycles. The summed E-state index contributed by atoms with van der Waals surface area (Å²) in [7, 11) is 0. The van der Waals surface area contributed by atoms with Crippen LogP contribution in [0.4, 0.5) is 0 Å². The SMILES string of the molecule is CC(C)(C)NC(Cc1cn(COCCNC(=O)c2ccccc2)nn1)C(=O)C(C)(C)C. The van der Waals surface area contributed by atoms with Gasteiger partial charge in [0.1, 0.15) is 6.73 Å². The first kappa shape index (κ1) is 24.7. The third kappa shape index (κ3) is 8.59. The van der Waals surface area contributed by atoms with Crippen LogP contribution < -0.4 is 10.6 Å². The highest BCUT2D eigenvalue weighted by Gasteiger charge is 2.32. The molecule has 1 aromatic carbocycles. The van der Waals surface area contributed by atoms with Gasteiger partial charge in [-0.05, 0) is 32.9 Å². The first-order valence-electron chi connectivity index (χ1n) is 10.6. The van der Waals surface area contributed by atoms with Gasteiger partial charge in [0, 0.05) is 29.5 Å². The van der Waals surface area contributed by atoms with Crippen LogP contribution in [-0.2, 0) is 22.7 Å². The molecule has 2 aromatic rings. The number of Topliss-reactive ketones (excluding diaryl/α,β-unsaturated/α-hetero) is 1. The summed E-state index contributed by atoms with van der Waals surface area (Å²) >= 11 is 0. The smallest absolute Gasteiger partial charge is 0.251 e. The Bertz CT molecular complexity index is 850. The fourth-order valence-electron chi connectivity index (χ4n) is 3.05. The molecule has 8 heteroatoms. The number of hydrogen-bond donors (Lipinski definition) is 2. The van der Waals surface area contributed by atoms with Crippen LogP contribution in [0, 0.1) is 5.41 Å². The van der Waals surface area contributed by atoms with Gasteiger partial charge in [-0.2, -0.15) is 0 Å². The van der Waals surface area contributed by atoms with E-state index in [-0.39, 0.29) is 30.0 Å². The fraction of sp³-hybridized carbons (Fsp3) is 0.565. The van der Waals surface area contributed by atoms with Gasteiger partial charge in [0.2, 0.25) is 0 Å². The molecule has 0 fully saturated rings. The van der Waals surface area contributed by atoms with Crippen molar-refractivity contribution in [2.45, 2.75) is 66.3 Å². The third-order valence-corrected chi connectivity index (χ3v) is 4.45. The molecule has 0 bridgehead atoms. The zero-order chi connectivity index (χ0) is 23.1. The molecule has 31 heavy (non-hydrogen) atoms. The van der Waals surface area contributed by atoms with E-state index >= 15 is 0 Å². The molecule has 0 saturated carbocycles. The van der Waals surface area contributed by atoms with Crippen LogP contribution in [-0.4, -0.2) is 51.4 Å². The third-order valence-electron chi connectivity index (χ3n) is 4.45. The van der Waals surface area contributed by atoms with Crippen molar-refractivity contribution >= 4 is 11.7 Å². The summed E-state index contributed by atoms with van der Waals surface area (Å²) in [6, 6.07) is 8.69. The molecule has 1 atom stereocenters. The maximum atomic E-state index is 12.9. The van der Waals surface area contributed by atoms with E-state index in [0.29, 0.717) is 25.1 Å². The Morgan fingerprint density at radius 2 is 1.77 bits per heavy atom. The van der Waals surface area contributed by atoms with E-state index in [9.17, 15) is 9.59 Å². The molecular formula is C23H35N5O3. The van der Waals surface area contributed by atoms with E-state index in [4.69, 9.17) is 4.74 Å². The Labute approximate surface area is 184 Å². The van der Waals surface area contributed by atoms with Crippen LogP contribution in [0.3, 0.4) is 0 Å². The van der Waals surface area contributed by atoms with Gasteiger partial charge in [-0.25, -0.2) is 4.68 Å². The standard InChI is InChI=1S/C23H35N5O3/c1-22(2,3)20(29)19(25-23(4,5)6)14-18-15-28(27-26-18)16-31-13-12-24-21(30)17-10-8-7-9-11-17/h7-11,15,19,25H,12-14,16H2,1-6H3,(H,24,30). The quantitative estimate of drug-likeness (QED) is 0.564. The van der Waals surface area contributed by atoms with Crippen LogP contribution in [0.1, 0.15) is 57.6 Å². The zero-order valence-electron chi connectivity index (χ0n) is 19.4. The van der Waals surface area contributed by atoms with Gasteiger partial charge in [-0.1, -0.05) is 44.2 Å². The summed E-state index contributed by atoms with van der Waals surface area (Å²) < 4.78 is 7.16. The number of rotatable bonds is 10. The molecule has 1 unspecified atom stereocenters. The molecule has 0 aliphatic rings. The molecule has 170 valence electrons. The van der Waals surface area contributed by atoms with Crippen molar-refractivity contribution in [3.8, 4) is 0 Å². The average Bonchev–Trinajstić information content (AvgIpc) is 3.12. The molecule has 0 spiro atoms. The van der Waals surface area contributed by atoms with E-state index in [2.05, 4.69) is 20.9 Å². The predicted molar refractivity (Wildman–Crippen MR) is 120 cm³/mol. The highest BCUT2D eigenvalue weighted by atomic mass is 16.5. The fourth-order valence-corrected chi connectivity index (χ4v) is 3.05. The summed E-state index contributed by atoms with van der Waals surface area (Å²) in [5.74, 6) is 0.00975.